The molecule has 0 atom stereocenters. The van der Waals surface area contributed by atoms with Crippen LogP contribution in [0, 0.1) is 21.7 Å². The fraction of sp³-hybridized carbons (Fsp3) is 0.0667. The van der Waals surface area contributed by atoms with Crippen LogP contribution in [0.3, 0.4) is 0 Å². The lowest BCUT2D eigenvalue weighted by Crippen LogP contribution is -2.44. The van der Waals surface area contributed by atoms with Gasteiger partial charge in [0.05, 0.1) is 15.5 Å². The molecule has 26 heavy (non-hydrogen) atoms. The van der Waals surface area contributed by atoms with Gasteiger partial charge in [-0.1, -0.05) is 23.7 Å². The highest BCUT2D eigenvalue weighted by Crippen LogP contribution is 2.25. The average Bonchev–Trinajstić information content (AvgIpc) is 2.61. The van der Waals surface area contributed by atoms with Gasteiger partial charge in [0.2, 0.25) is 0 Å². The van der Waals surface area contributed by atoms with Gasteiger partial charge in [-0.25, -0.2) is 8.78 Å². The molecule has 0 saturated carbocycles. The summed E-state index contributed by atoms with van der Waals surface area (Å²) in [5.74, 6) is -4.50. The van der Waals surface area contributed by atoms with Gasteiger partial charge in [0.25, 0.3) is 11.8 Å². The Morgan fingerprint density at radius 1 is 1.15 bits per heavy atom. The van der Waals surface area contributed by atoms with Crippen molar-refractivity contribution in [2.75, 3.05) is 6.61 Å². The summed E-state index contributed by atoms with van der Waals surface area (Å²) in [6.45, 7) is -0.642. The van der Waals surface area contributed by atoms with Crippen LogP contribution in [0.5, 0.6) is 5.75 Å². The van der Waals surface area contributed by atoms with Crippen LogP contribution < -0.4 is 15.6 Å². The Morgan fingerprint density at radius 3 is 2.50 bits per heavy atom. The van der Waals surface area contributed by atoms with Crippen LogP contribution >= 0.6 is 11.6 Å². The van der Waals surface area contributed by atoms with Gasteiger partial charge < -0.3 is 4.74 Å². The van der Waals surface area contributed by atoms with Crippen LogP contribution in [0.4, 0.5) is 14.5 Å². The van der Waals surface area contributed by atoms with Crippen molar-refractivity contribution in [2.24, 2.45) is 0 Å². The van der Waals surface area contributed by atoms with Gasteiger partial charge in [0.1, 0.15) is 0 Å². The highest BCUT2D eigenvalue weighted by molar-refractivity contribution is 6.33. The van der Waals surface area contributed by atoms with E-state index < -0.39 is 40.5 Å². The Kier molecular flexibility index (Phi) is 6.02. The van der Waals surface area contributed by atoms with Gasteiger partial charge in [-0.15, -0.1) is 0 Å². The summed E-state index contributed by atoms with van der Waals surface area (Å²) in [6, 6.07) is 6.59. The van der Waals surface area contributed by atoms with Crippen molar-refractivity contribution in [2.45, 2.75) is 0 Å². The Bertz CT molecular complexity index is 878. The van der Waals surface area contributed by atoms with Gasteiger partial charge in [0, 0.05) is 6.07 Å². The molecule has 2 N–H and O–H groups in total. The Balaban J connectivity index is 1.92. The first-order valence-corrected chi connectivity index (χ1v) is 7.27. The predicted octanol–water partition coefficient (Wildman–Crippen LogP) is 2.37. The van der Waals surface area contributed by atoms with Crippen molar-refractivity contribution in [1.29, 1.82) is 0 Å². The highest BCUT2D eigenvalue weighted by Gasteiger charge is 2.17. The maximum atomic E-state index is 13.2. The number of nitro benzene ring substituents is 1. The molecular formula is C15H10ClF2N3O5. The van der Waals surface area contributed by atoms with E-state index in [-0.39, 0.29) is 16.5 Å². The molecule has 0 saturated heterocycles. The number of ether oxygens (including phenoxy) is 1. The lowest BCUT2D eigenvalue weighted by molar-refractivity contribution is -0.385. The minimum atomic E-state index is -1.29. The zero-order valence-corrected chi connectivity index (χ0v) is 13.5. The largest absolute Gasteiger partial charge is 0.477 e. The van der Waals surface area contributed by atoms with Crippen LogP contribution in [0.15, 0.2) is 36.4 Å². The SMILES string of the molecule is O=C(COc1ccccc1[N+](=O)[O-])NNC(=O)c1cc(F)c(F)cc1Cl. The molecule has 0 radical (unpaired) electrons. The summed E-state index contributed by atoms with van der Waals surface area (Å²) in [5.41, 5.74) is 3.15. The quantitative estimate of drug-likeness (QED) is 0.466. The number of rotatable bonds is 5. The first-order valence-electron chi connectivity index (χ1n) is 6.89. The van der Waals surface area contributed by atoms with Gasteiger partial charge in [-0.05, 0) is 18.2 Å². The molecule has 8 nitrogen and oxygen atoms in total. The Hall–Kier alpha value is -3.27. The molecule has 0 aliphatic heterocycles. The average molecular weight is 386 g/mol. The molecule has 0 aromatic heterocycles. The van der Waals surface area contributed by atoms with Crippen molar-refractivity contribution in [1.82, 2.24) is 10.9 Å². The minimum Gasteiger partial charge on any atom is -0.477 e. The van der Waals surface area contributed by atoms with E-state index in [0.717, 1.165) is 0 Å². The van der Waals surface area contributed by atoms with Crippen LogP contribution in [-0.2, 0) is 4.79 Å². The van der Waals surface area contributed by atoms with Crippen LogP contribution in [0.2, 0.25) is 5.02 Å². The molecule has 11 heteroatoms. The van der Waals surface area contributed by atoms with E-state index in [2.05, 4.69) is 0 Å². The fourth-order valence-corrected chi connectivity index (χ4v) is 2.04. The molecule has 2 rings (SSSR count). The molecule has 0 fully saturated rings. The Labute approximate surface area is 149 Å². The number of hydrogen-bond acceptors (Lipinski definition) is 5. The minimum absolute atomic E-state index is 0.136. The number of nitrogens with one attached hydrogen (secondary N) is 2. The summed E-state index contributed by atoms with van der Waals surface area (Å²) in [4.78, 5) is 33.6. The van der Waals surface area contributed by atoms with Crippen LogP contribution in [0.1, 0.15) is 10.4 Å². The van der Waals surface area contributed by atoms with Crippen LogP contribution in [-0.4, -0.2) is 23.3 Å². The summed E-state index contributed by atoms with van der Waals surface area (Å²) in [6.07, 6.45) is 0. The van der Waals surface area contributed by atoms with Gasteiger partial charge in [-0.3, -0.25) is 30.6 Å². The maximum Gasteiger partial charge on any atom is 0.310 e. The standard InChI is InChI=1S/C15H10ClF2N3O5/c16-9-6-11(18)10(17)5-8(9)15(23)20-19-14(22)7-26-13-4-2-1-3-12(13)21(24)25/h1-6H,7H2,(H,19,22)(H,20,23). The third-order valence-electron chi connectivity index (χ3n) is 2.99. The molecule has 136 valence electrons. The normalized spacial score (nSPS) is 10.1. The van der Waals surface area contributed by atoms with Crippen molar-refractivity contribution in [3.05, 3.63) is 68.7 Å². The van der Waals surface area contributed by atoms with E-state index in [9.17, 15) is 28.5 Å². The zero-order chi connectivity index (χ0) is 19.3. The molecular weight excluding hydrogens is 376 g/mol. The van der Waals surface area contributed by atoms with Crippen molar-refractivity contribution in [3.63, 3.8) is 0 Å². The number of benzene rings is 2. The highest BCUT2D eigenvalue weighted by atomic mass is 35.5. The third kappa shape index (κ3) is 4.63. The van der Waals surface area contributed by atoms with E-state index in [0.29, 0.717) is 12.1 Å². The molecule has 0 unspecified atom stereocenters. The number of nitro groups is 1. The molecule has 0 heterocycles. The second-order valence-corrected chi connectivity index (χ2v) is 5.17. The molecule has 0 aliphatic rings. The number of para-hydroxylation sites is 2. The second-order valence-electron chi connectivity index (χ2n) is 4.76. The fourth-order valence-electron chi connectivity index (χ4n) is 1.80. The van der Waals surface area contributed by atoms with Crippen LogP contribution in [0.25, 0.3) is 0 Å². The van der Waals surface area contributed by atoms with Crippen molar-refractivity contribution in [3.8, 4) is 5.75 Å². The number of nitrogens with zero attached hydrogens (tertiary/aromatic N) is 1. The molecule has 2 amide bonds. The second kappa shape index (κ2) is 8.21. The predicted molar refractivity (Wildman–Crippen MR) is 85.6 cm³/mol. The summed E-state index contributed by atoms with van der Waals surface area (Å²) in [5, 5.41) is 10.5. The van der Waals surface area contributed by atoms with E-state index in [1.54, 1.807) is 0 Å². The first kappa shape index (κ1) is 19.1. The number of amides is 2. The number of carbonyl (C=O) groups is 2. The molecule has 0 aliphatic carbocycles. The van der Waals surface area contributed by atoms with E-state index in [1.165, 1.54) is 24.3 Å². The van der Waals surface area contributed by atoms with Gasteiger partial charge in [-0.2, -0.15) is 0 Å². The smallest absolute Gasteiger partial charge is 0.310 e. The summed E-state index contributed by atoms with van der Waals surface area (Å²) < 4.78 is 31.1. The lowest BCUT2D eigenvalue weighted by atomic mass is 10.2. The maximum absolute atomic E-state index is 13.2. The topological polar surface area (TPSA) is 111 Å². The molecule has 2 aromatic rings. The van der Waals surface area contributed by atoms with Crippen molar-refractivity contribution < 1.29 is 28.0 Å². The number of halogens is 3. The summed E-state index contributed by atoms with van der Waals surface area (Å²) in [7, 11) is 0. The van der Waals surface area contributed by atoms with Gasteiger partial charge in [0.15, 0.2) is 24.0 Å². The molecule has 2 aromatic carbocycles. The number of hydrogen-bond donors (Lipinski definition) is 2. The monoisotopic (exact) mass is 385 g/mol. The van der Waals surface area contributed by atoms with E-state index in [4.69, 9.17) is 16.3 Å². The van der Waals surface area contributed by atoms with E-state index >= 15 is 0 Å². The Morgan fingerprint density at radius 2 is 1.81 bits per heavy atom. The number of carbonyl (C=O) groups excluding carboxylic acids is 2. The molecule has 0 spiro atoms. The summed E-state index contributed by atoms with van der Waals surface area (Å²) >= 11 is 5.63. The van der Waals surface area contributed by atoms with Gasteiger partial charge >= 0.3 is 5.69 Å². The zero-order valence-electron chi connectivity index (χ0n) is 12.8. The van der Waals surface area contributed by atoms with E-state index in [1.807, 2.05) is 10.9 Å². The first-order chi connectivity index (χ1) is 12.3. The van der Waals surface area contributed by atoms with Crippen molar-refractivity contribution >= 4 is 29.1 Å². The lowest BCUT2D eigenvalue weighted by Gasteiger charge is -2.10. The number of hydrazine groups is 1. The molecule has 0 bridgehead atoms. The third-order valence-corrected chi connectivity index (χ3v) is 3.30.